The maximum atomic E-state index is 12.8. The van der Waals surface area contributed by atoms with Crippen LogP contribution in [0.1, 0.15) is 32.3 Å². The fraction of sp³-hybridized carbons (Fsp3) is 0.579. The number of anilines is 1. The van der Waals surface area contributed by atoms with E-state index in [1.165, 1.54) is 10.4 Å². The van der Waals surface area contributed by atoms with Gasteiger partial charge in [-0.2, -0.15) is 4.31 Å². The van der Waals surface area contributed by atoms with Crippen molar-refractivity contribution in [3.05, 3.63) is 23.8 Å². The normalized spacial score (nSPS) is 14.4. The minimum absolute atomic E-state index is 0.0318. The zero-order chi connectivity index (χ0) is 20.9. The van der Waals surface area contributed by atoms with Crippen LogP contribution in [0.15, 0.2) is 23.1 Å². The van der Waals surface area contributed by atoms with Crippen molar-refractivity contribution in [1.29, 1.82) is 0 Å². The lowest BCUT2D eigenvalue weighted by atomic mass is 10.2. The summed E-state index contributed by atoms with van der Waals surface area (Å²) in [5.41, 5.74) is 1.04. The maximum Gasteiger partial charge on any atom is 0.243 e. The molecule has 0 radical (unpaired) electrons. The van der Waals surface area contributed by atoms with Crippen molar-refractivity contribution in [2.75, 3.05) is 38.5 Å². The second-order valence-corrected chi connectivity index (χ2v) is 9.04. The lowest BCUT2D eigenvalue weighted by molar-refractivity contribution is -0.123. The molecule has 156 valence electrons. The van der Waals surface area contributed by atoms with Gasteiger partial charge in [-0.15, -0.1) is 0 Å². The molecule has 1 aromatic rings. The van der Waals surface area contributed by atoms with E-state index in [9.17, 15) is 18.0 Å². The molecule has 0 saturated heterocycles. The number of benzene rings is 1. The third kappa shape index (κ3) is 6.02. The first-order chi connectivity index (χ1) is 13.2. The van der Waals surface area contributed by atoms with Crippen LogP contribution in [-0.2, 0) is 19.6 Å². The summed E-state index contributed by atoms with van der Waals surface area (Å²) < 4.78 is 27.0. The van der Waals surface area contributed by atoms with Crippen molar-refractivity contribution in [1.82, 2.24) is 14.5 Å². The highest BCUT2D eigenvalue weighted by atomic mass is 32.2. The zero-order valence-corrected chi connectivity index (χ0v) is 17.8. The number of nitrogens with zero attached hydrogens (tertiary/aromatic N) is 2. The predicted octanol–water partition coefficient (Wildman–Crippen LogP) is 1.17. The highest BCUT2D eigenvalue weighted by molar-refractivity contribution is 7.89. The fourth-order valence-electron chi connectivity index (χ4n) is 2.91. The molecule has 0 spiro atoms. The standard InChI is InChI=1S/C19H30N4O4S/c1-5-23(6-2)28(26,27)17-11-16(8-7-14(17)3)21-19(25)13-22(4)12-18(24)20-15-9-10-15/h7-8,11,15H,5-6,9-10,12-13H2,1-4H3,(H,20,24)(H,21,25). The van der Waals surface area contributed by atoms with Gasteiger partial charge < -0.3 is 10.6 Å². The van der Waals surface area contributed by atoms with Gasteiger partial charge in [0.2, 0.25) is 21.8 Å². The molecule has 1 fully saturated rings. The number of hydrogen-bond donors (Lipinski definition) is 2. The number of sulfonamides is 1. The van der Waals surface area contributed by atoms with Crippen LogP contribution in [0.3, 0.4) is 0 Å². The SMILES string of the molecule is CCN(CC)S(=O)(=O)c1cc(NC(=O)CN(C)CC(=O)NC2CC2)ccc1C. The molecule has 1 aliphatic rings. The van der Waals surface area contributed by atoms with E-state index in [0.29, 0.717) is 24.3 Å². The molecule has 0 aliphatic heterocycles. The summed E-state index contributed by atoms with van der Waals surface area (Å²) in [5.74, 6) is -0.405. The largest absolute Gasteiger partial charge is 0.352 e. The molecule has 0 atom stereocenters. The highest BCUT2D eigenvalue weighted by Gasteiger charge is 2.25. The van der Waals surface area contributed by atoms with Crippen molar-refractivity contribution in [2.45, 2.75) is 44.6 Å². The average Bonchev–Trinajstić information content (AvgIpc) is 3.40. The first kappa shape index (κ1) is 22.3. The molecule has 2 amide bonds. The molecule has 1 aromatic carbocycles. The number of amides is 2. The molecular formula is C19H30N4O4S. The number of hydrogen-bond acceptors (Lipinski definition) is 5. The van der Waals surface area contributed by atoms with E-state index in [4.69, 9.17) is 0 Å². The monoisotopic (exact) mass is 410 g/mol. The van der Waals surface area contributed by atoms with E-state index in [-0.39, 0.29) is 35.8 Å². The Bertz CT molecular complexity index is 817. The Hall–Kier alpha value is -1.97. The third-order valence-electron chi connectivity index (χ3n) is 4.56. The van der Waals surface area contributed by atoms with Gasteiger partial charge in [-0.3, -0.25) is 14.5 Å². The maximum absolute atomic E-state index is 12.8. The van der Waals surface area contributed by atoms with Crippen LogP contribution in [0.5, 0.6) is 0 Å². The van der Waals surface area contributed by atoms with Crippen molar-refractivity contribution in [3.63, 3.8) is 0 Å². The minimum atomic E-state index is -3.62. The Morgan fingerprint density at radius 2 is 1.71 bits per heavy atom. The quantitative estimate of drug-likeness (QED) is 0.603. The van der Waals surface area contributed by atoms with E-state index in [2.05, 4.69) is 10.6 Å². The molecular weight excluding hydrogens is 380 g/mol. The second-order valence-electron chi connectivity index (χ2n) is 7.13. The summed E-state index contributed by atoms with van der Waals surface area (Å²) in [6, 6.07) is 5.13. The molecule has 0 aromatic heterocycles. The van der Waals surface area contributed by atoms with Crippen molar-refractivity contribution < 1.29 is 18.0 Å². The zero-order valence-electron chi connectivity index (χ0n) is 17.0. The Morgan fingerprint density at radius 1 is 1.11 bits per heavy atom. The first-order valence-corrected chi connectivity index (χ1v) is 11.0. The lowest BCUT2D eigenvalue weighted by Gasteiger charge is -2.20. The second kappa shape index (κ2) is 9.49. The van der Waals surface area contributed by atoms with Gasteiger partial charge >= 0.3 is 0 Å². The third-order valence-corrected chi connectivity index (χ3v) is 6.76. The topological polar surface area (TPSA) is 98.8 Å². The summed E-state index contributed by atoms with van der Waals surface area (Å²) >= 11 is 0. The molecule has 9 heteroatoms. The van der Waals surface area contributed by atoms with Gasteiger partial charge in [0.25, 0.3) is 0 Å². The van der Waals surface area contributed by atoms with Crippen LogP contribution >= 0.6 is 0 Å². The smallest absolute Gasteiger partial charge is 0.243 e. The molecule has 0 unspecified atom stereocenters. The lowest BCUT2D eigenvalue weighted by Crippen LogP contribution is -2.39. The van der Waals surface area contributed by atoms with Crippen molar-refractivity contribution in [2.24, 2.45) is 0 Å². The fourth-order valence-corrected chi connectivity index (χ4v) is 4.61. The van der Waals surface area contributed by atoms with Crippen LogP contribution < -0.4 is 10.6 Å². The first-order valence-electron chi connectivity index (χ1n) is 9.55. The van der Waals surface area contributed by atoms with Gasteiger partial charge in [-0.05, 0) is 44.5 Å². The van der Waals surface area contributed by atoms with Gasteiger partial charge in [-0.25, -0.2) is 8.42 Å². The predicted molar refractivity (Wildman–Crippen MR) is 109 cm³/mol. The van der Waals surface area contributed by atoms with Crippen molar-refractivity contribution >= 4 is 27.5 Å². The van der Waals surface area contributed by atoms with Gasteiger partial charge in [0.15, 0.2) is 0 Å². The number of carbonyl (C=O) groups excluding carboxylic acids is 2. The molecule has 1 aliphatic carbocycles. The number of aryl methyl sites for hydroxylation is 1. The molecule has 0 bridgehead atoms. The minimum Gasteiger partial charge on any atom is -0.352 e. The van der Waals surface area contributed by atoms with E-state index < -0.39 is 10.0 Å². The number of likely N-dealkylation sites (N-methyl/N-ethyl adjacent to an activating group) is 1. The molecule has 8 nitrogen and oxygen atoms in total. The summed E-state index contributed by atoms with van der Waals surface area (Å²) in [7, 11) is -1.92. The molecule has 1 saturated carbocycles. The molecule has 2 rings (SSSR count). The Balaban J connectivity index is 2.01. The van der Waals surface area contributed by atoms with Gasteiger partial charge in [0.05, 0.1) is 18.0 Å². The van der Waals surface area contributed by atoms with E-state index >= 15 is 0 Å². The van der Waals surface area contributed by atoms with Gasteiger partial charge in [-0.1, -0.05) is 19.9 Å². The van der Waals surface area contributed by atoms with E-state index in [1.807, 2.05) is 0 Å². The summed E-state index contributed by atoms with van der Waals surface area (Å²) in [6.07, 6.45) is 2.03. The Kier molecular flexibility index (Phi) is 7.56. The number of carbonyl (C=O) groups is 2. The van der Waals surface area contributed by atoms with Crippen LogP contribution in [0.4, 0.5) is 5.69 Å². The van der Waals surface area contributed by atoms with Crippen molar-refractivity contribution in [3.8, 4) is 0 Å². The molecule has 28 heavy (non-hydrogen) atoms. The Morgan fingerprint density at radius 3 is 2.29 bits per heavy atom. The van der Waals surface area contributed by atoms with Crippen LogP contribution in [0, 0.1) is 6.92 Å². The van der Waals surface area contributed by atoms with Crippen LogP contribution in [-0.4, -0.2) is 68.7 Å². The van der Waals surface area contributed by atoms with Gasteiger partial charge in [0, 0.05) is 24.8 Å². The van der Waals surface area contributed by atoms with E-state index in [1.54, 1.807) is 44.9 Å². The van der Waals surface area contributed by atoms with E-state index in [0.717, 1.165) is 12.8 Å². The number of nitrogens with one attached hydrogen (secondary N) is 2. The Labute approximate surface area is 167 Å². The molecule has 0 heterocycles. The summed E-state index contributed by atoms with van der Waals surface area (Å²) in [6.45, 7) is 6.23. The summed E-state index contributed by atoms with van der Waals surface area (Å²) in [5, 5.41) is 5.59. The van der Waals surface area contributed by atoms with Crippen LogP contribution in [0.2, 0.25) is 0 Å². The van der Waals surface area contributed by atoms with Gasteiger partial charge in [0.1, 0.15) is 0 Å². The highest BCUT2D eigenvalue weighted by Crippen LogP contribution is 2.23. The van der Waals surface area contributed by atoms with Crippen LogP contribution in [0.25, 0.3) is 0 Å². The summed E-state index contributed by atoms with van der Waals surface area (Å²) in [4.78, 5) is 25.9. The average molecular weight is 411 g/mol. The molecule has 2 N–H and O–H groups in total. The number of rotatable bonds is 10.